The first kappa shape index (κ1) is 19.5. The van der Waals surface area contributed by atoms with Crippen LogP contribution in [0.5, 0.6) is 5.75 Å². The first-order chi connectivity index (χ1) is 10.5. The standard InChI is InChI=1S/C14H17ClN4O2S.ClH/c1-19(7-10-6-17-14(16)22-10)8-13(20)18-11-5-9(15)3-4-12(11)21-2;/h3-6H,7-8H2,1-2H3,(H2,16,17)(H,18,20);1H. The number of carbonyl (C=O) groups excluding carboxylic acids is 1. The van der Waals surface area contributed by atoms with Gasteiger partial charge in [-0.3, -0.25) is 9.69 Å². The van der Waals surface area contributed by atoms with Gasteiger partial charge in [-0.1, -0.05) is 11.6 Å². The molecule has 0 unspecified atom stereocenters. The van der Waals surface area contributed by atoms with Gasteiger partial charge in [0.2, 0.25) is 5.91 Å². The predicted molar refractivity (Wildman–Crippen MR) is 96.7 cm³/mol. The van der Waals surface area contributed by atoms with Gasteiger partial charge in [0.1, 0.15) is 5.75 Å². The van der Waals surface area contributed by atoms with Crippen LogP contribution in [0, 0.1) is 0 Å². The maximum Gasteiger partial charge on any atom is 0.238 e. The van der Waals surface area contributed by atoms with Crippen molar-refractivity contribution in [3.8, 4) is 5.75 Å². The van der Waals surface area contributed by atoms with E-state index < -0.39 is 0 Å². The first-order valence-corrected chi connectivity index (χ1v) is 7.69. The van der Waals surface area contributed by atoms with Crippen LogP contribution in [0.3, 0.4) is 0 Å². The number of aromatic nitrogens is 1. The smallest absolute Gasteiger partial charge is 0.238 e. The molecule has 23 heavy (non-hydrogen) atoms. The van der Waals surface area contributed by atoms with E-state index in [9.17, 15) is 4.79 Å². The van der Waals surface area contributed by atoms with Crippen molar-refractivity contribution in [2.24, 2.45) is 0 Å². The third-order valence-corrected chi connectivity index (χ3v) is 3.89. The summed E-state index contributed by atoms with van der Waals surface area (Å²) in [5.41, 5.74) is 6.14. The Morgan fingerprint density at radius 3 is 2.87 bits per heavy atom. The second-order valence-corrected chi connectivity index (χ2v) is 6.31. The lowest BCUT2D eigenvalue weighted by Crippen LogP contribution is -2.29. The number of hydrogen-bond donors (Lipinski definition) is 2. The molecule has 126 valence electrons. The van der Waals surface area contributed by atoms with E-state index in [1.165, 1.54) is 11.3 Å². The summed E-state index contributed by atoms with van der Waals surface area (Å²) in [5, 5.41) is 3.85. The second kappa shape index (κ2) is 8.93. The number of hydrogen-bond acceptors (Lipinski definition) is 6. The van der Waals surface area contributed by atoms with Gasteiger partial charge < -0.3 is 15.8 Å². The monoisotopic (exact) mass is 376 g/mol. The van der Waals surface area contributed by atoms with Crippen molar-refractivity contribution in [3.05, 3.63) is 34.3 Å². The molecule has 0 radical (unpaired) electrons. The highest BCUT2D eigenvalue weighted by Crippen LogP contribution is 2.27. The average molecular weight is 377 g/mol. The summed E-state index contributed by atoms with van der Waals surface area (Å²) >= 11 is 7.35. The Hall–Kier alpha value is -1.54. The zero-order valence-electron chi connectivity index (χ0n) is 12.7. The van der Waals surface area contributed by atoms with E-state index in [0.29, 0.717) is 28.1 Å². The molecular formula is C14H18Cl2N4O2S. The highest BCUT2D eigenvalue weighted by atomic mass is 35.5. The van der Waals surface area contributed by atoms with Crippen LogP contribution in [-0.4, -0.2) is 36.5 Å². The molecule has 0 saturated carbocycles. The molecule has 1 amide bonds. The van der Waals surface area contributed by atoms with Crippen molar-refractivity contribution in [2.45, 2.75) is 6.54 Å². The van der Waals surface area contributed by atoms with Gasteiger partial charge in [0.25, 0.3) is 0 Å². The molecule has 6 nitrogen and oxygen atoms in total. The van der Waals surface area contributed by atoms with E-state index in [-0.39, 0.29) is 24.9 Å². The molecule has 2 aromatic rings. The fourth-order valence-electron chi connectivity index (χ4n) is 1.93. The molecule has 0 atom stereocenters. The molecule has 0 aliphatic heterocycles. The molecule has 0 spiro atoms. The maximum absolute atomic E-state index is 12.1. The summed E-state index contributed by atoms with van der Waals surface area (Å²) in [6.07, 6.45) is 1.72. The fourth-order valence-corrected chi connectivity index (χ4v) is 2.87. The predicted octanol–water partition coefficient (Wildman–Crippen LogP) is 2.88. The first-order valence-electron chi connectivity index (χ1n) is 6.50. The van der Waals surface area contributed by atoms with Gasteiger partial charge in [-0.05, 0) is 25.2 Å². The number of benzene rings is 1. The Balaban J connectivity index is 0.00000264. The minimum absolute atomic E-state index is 0. The molecule has 2 rings (SSSR count). The van der Waals surface area contributed by atoms with E-state index >= 15 is 0 Å². The molecule has 0 saturated heterocycles. The van der Waals surface area contributed by atoms with Gasteiger partial charge in [-0.2, -0.15) is 0 Å². The summed E-state index contributed by atoms with van der Waals surface area (Å²) < 4.78 is 5.20. The van der Waals surface area contributed by atoms with Gasteiger partial charge in [0, 0.05) is 22.6 Å². The van der Waals surface area contributed by atoms with Crippen molar-refractivity contribution in [3.63, 3.8) is 0 Å². The molecule has 1 aromatic carbocycles. The van der Waals surface area contributed by atoms with Crippen LogP contribution < -0.4 is 15.8 Å². The number of anilines is 2. The van der Waals surface area contributed by atoms with Crippen LogP contribution in [0.2, 0.25) is 5.02 Å². The number of nitrogen functional groups attached to an aromatic ring is 1. The van der Waals surface area contributed by atoms with Crippen molar-refractivity contribution in [2.75, 3.05) is 31.8 Å². The van der Waals surface area contributed by atoms with Crippen LogP contribution in [-0.2, 0) is 11.3 Å². The minimum atomic E-state index is -0.152. The molecule has 0 aliphatic carbocycles. The third-order valence-electron chi connectivity index (χ3n) is 2.85. The van der Waals surface area contributed by atoms with E-state index in [0.717, 1.165) is 4.88 Å². The van der Waals surface area contributed by atoms with Crippen LogP contribution in [0.4, 0.5) is 10.8 Å². The number of thiazole rings is 1. The van der Waals surface area contributed by atoms with Crippen LogP contribution >= 0.6 is 35.3 Å². The van der Waals surface area contributed by atoms with E-state index in [1.54, 1.807) is 31.5 Å². The van der Waals surface area contributed by atoms with Gasteiger partial charge in [0.15, 0.2) is 5.13 Å². The minimum Gasteiger partial charge on any atom is -0.495 e. The van der Waals surface area contributed by atoms with E-state index in [4.69, 9.17) is 22.1 Å². The normalized spacial score (nSPS) is 10.3. The average Bonchev–Trinajstić information content (AvgIpc) is 2.83. The second-order valence-electron chi connectivity index (χ2n) is 4.73. The molecule has 3 N–H and O–H groups in total. The number of carbonyl (C=O) groups is 1. The number of nitrogens with one attached hydrogen (secondary N) is 1. The highest BCUT2D eigenvalue weighted by molar-refractivity contribution is 7.15. The summed E-state index contributed by atoms with van der Waals surface area (Å²) in [5.74, 6) is 0.413. The van der Waals surface area contributed by atoms with Gasteiger partial charge in [0.05, 0.1) is 19.3 Å². The molecule has 1 aromatic heterocycles. The lowest BCUT2D eigenvalue weighted by molar-refractivity contribution is -0.117. The molecular weight excluding hydrogens is 359 g/mol. The Morgan fingerprint density at radius 2 is 2.26 bits per heavy atom. The SMILES string of the molecule is COc1ccc(Cl)cc1NC(=O)CN(C)Cc1cnc(N)s1.Cl. The Morgan fingerprint density at radius 1 is 1.52 bits per heavy atom. The lowest BCUT2D eigenvalue weighted by Gasteiger charge is -2.16. The van der Waals surface area contributed by atoms with Gasteiger partial charge >= 0.3 is 0 Å². The third kappa shape index (κ3) is 5.87. The molecule has 0 fully saturated rings. The van der Waals surface area contributed by atoms with Crippen molar-refractivity contribution < 1.29 is 9.53 Å². The Kier molecular flexibility index (Phi) is 7.57. The maximum atomic E-state index is 12.1. The van der Waals surface area contributed by atoms with Crippen molar-refractivity contribution in [1.29, 1.82) is 0 Å². The number of likely N-dealkylation sites (N-methyl/N-ethyl adjacent to an activating group) is 1. The van der Waals surface area contributed by atoms with Crippen LogP contribution in [0.25, 0.3) is 0 Å². The number of methoxy groups -OCH3 is 1. The number of ether oxygens (including phenoxy) is 1. The summed E-state index contributed by atoms with van der Waals surface area (Å²) in [6, 6.07) is 5.07. The zero-order chi connectivity index (χ0) is 16.1. The number of halogens is 2. The van der Waals surface area contributed by atoms with Crippen LogP contribution in [0.15, 0.2) is 24.4 Å². The number of rotatable bonds is 6. The fraction of sp³-hybridized carbons (Fsp3) is 0.286. The largest absolute Gasteiger partial charge is 0.495 e. The van der Waals surface area contributed by atoms with E-state index in [2.05, 4.69) is 10.3 Å². The molecule has 1 heterocycles. The van der Waals surface area contributed by atoms with Crippen molar-refractivity contribution in [1.82, 2.24) is 9.88 Å². The van der Waals surface area contributed by atoms with Crippen LogP contribution in [0.1, 0.15) is 4.88 Å². The zero-order valence-corrected chi connectivity index (χ0v) is 15.1. The van der Waals surface area contributed by atoms with Crippen molar-refractivity contribution >= 4 is 52.1 Å². The Labute approximate surface area is 150 Å². The van der Waals surface area contributed by atoms with Gasteiger partial charge in [-0.15, -0.1) is 23.7 Å². The highest BCUT2D eigenvalue weighted by Gasteiger charge is 2.12. The molecule has 0 aliphatic rings. The summed E-state index contributed by atoms with van der Waals surface area (Å²) in [4.78, 5) is 19.0. The lowest BCUT2D eigenvalue weighted by atomic mass is 10.3. The Bertz CT molecular complexity index is 666. The number of amides is 1. The quantitative estimate of drug-likeness (QED) is 0.809. The van der Waals surface area contributed by atoms with Gasteiger partial charge in [-0.25, -0.2) is 4.98 Å². The molecule has 0 bridgehead atoms. The summed E-state index contributed by atoms with van der Waals surface area (Å²) in [7, 11) is 3.39. The number of nitrogens with two attached hydrogens (primary N) is 1. The topological polar surface area (TPSA) is 80.5 Å². The summed E-state index contributed by atoms with van der Waals surface area (Å²) in [6.45, 7) is 0.836. The van der Waals surface area contributed by atoms with E-state index in [1.807, 2.05) is 11.9 Å². The number of nitrogens with zero attached hydrogens (tertiary/aromatic N) is 2. The molecule has 9 heteroatoms.